The Bertz CT molecular complexity index is 1080. The van der Waals surface area contributed by atoms with Crippen molar-refractivity contribution in [1.82, 2.24) is 25.6 Å². The molecule has 0 spiro atoms. The molecule has 1 amide bonds. The zero-order valence-electron chi connectivity index (χ0n) is 17.6. The lowest BCUT2D eigenvalue weighted by Crippen LogP contribution is -2.24. The predicted octanol–water partition coefficient (Wildman–Crippen LogP) is 2.54. The lowest BCUT2D eigenvalue weighted by molar-refractivity contribution is -0.122. The van der Waals surface area contributed by atoms with Crippen LogP contribution in [-0.4, -0.2) is 45.4 Å². The first-order chi connectivity index (χ1) is 15.1. The van der Waals surface area contributed by atoms with Crippen LogP contribution >= 0.6 is 0 Å². The van der Waals surface area contributed by atoms with Crippen molar-refractivity contribution < 1.29 is 4.79 Å². The minimum Gasteiger partial charge on any atom is -0.371 e. The van der Waals surface area contributed by atoms with Crippen molar-refractivity contribution in [2.75, 3.05) is 18.0 Å². The number of anilines is 1. The minimum atomic E-state index is -0.351. The molecule has 0 radical (unpaired) electrons. The van der Waals surface area contributed by atoms with Crippen molar-refractivity contribution in [3.05, 3.63) is 59.7 Å². The molecule has 0 bridgehead atoms. The third kappa shape index (κ3) is 5.96. The molecule has 0 aliphatic rings. The number of nitrogens with zero attached hydrogens (tertiary/aromatic N) is 7. The van der Waals surface area contributed by atoms with Crippen molar-refractivity contribution in [2.45, 2.75) is 26.8 Å². The standard InChI is InChI=1S/C22H24N8O/c1-3-29(13-7-12-23)20-11-10-19(17(2)14-20)15-24-25-21(31)16-30-27-22(26-28-30)18-8-5-4-6-9-18/h4-6,8-11,14-15H,3,7,13,16H2,1-2H3,(H,25,31)/b24-15-. The number of hydrogen-bond donors (Lipinski definition) is 1. The first-order valence-electron chi connectivity index (χ1n) is 9.98. The molecule has 0 atom stereocenters. The normalized spacial score (nSPS) is 10.7. The number of nitriles is 1. The van der Waals surface area contributed by atoms with Crippen LogP contribution < -0.4 is 10.3 Å². The van der Waals surface area contributed by atoms with Gasteiger partial charge in [-0.15, -0.1) is 10.2 Å². The van der Waals surface area contributed by atoms with Crippen molar-refractivity contribution in [1.29, 1.82) is 5.26 Å². The molecule has 1 aromatic heterocycles. The highest BCUT2D eigenvalue weighted by atomic mass is 16.2. The summed E-state index contributed by atoms with van der Waals surface area (Å²) in [6.45, 7) is 5.48. The SMILES string of the molecule is CCN(CCC#N)c1ccc(/C=N\NC(=O)Cn2nnc(-c3ccccc3)n2)c(C)c1. The van der Waals surface area contributed by atoms with E-state index in [1.165, 1.54) is 4.80 Å². The fourth-order valence-electron chi connectivity index (χ4n) is 3.01. The van der Waals surface area contributed by atoms with Crippen LogP contribution in [0.15, 0.2) is 53.6 Å². The molecule has 0 aliphatic carbocycles. The van der Waals surface area contributed by atoms with E-state index in [1.54, 1.807) is 6.21 Å². The Morgan fingerprint density at radius 3 is 2.81 bits per heavy atom. The molecular weight excluding hydrogens is 392 g/mol. The number of amides is 1. The number of benzene rings is 2. The van der Waals surface area contributed by atoms with Crippen LogP contribution in [0.2, 0.25) is 0 Å². The van der Waals surface area contributed by atoms with Gasteiger partial charge in [0.15, 0.2) is 0 Å². The van der Waals surface area contributed by atoms with Crippen LogP contribution in [0.1, 0.15) is 24.5 Å². The molecule has 1 heterocycles. The summed E-state index contributed by atoms with van der Waals surface area (Å²) in [5.74, 6) is 0.111. The number of aromatic nitrogens is 4. The van der Waals surface area contributed by atoms with Crippen LogP contribution in [0.3, 0.4) is 0 Å². The Morgan fingerprint density at radius 1 is 1.29 bits per heavy atom. The van der Waals surface area contributed by atoms with Crippen LogP contribution in [0.4, 0.5) is 5.69 Å². The molecule has 9 nitrogen and oxygen atoms in total. The zero-order valence-corrected chi connectivity index (χ0v) is 17.6. The maximum absolute atomic E-state index is 12.1. The maximum atomic E-state index is 12.1. The van der Waals surface area contributed by atoms with E-state index in [0.29, 0.717) is 18.8 Å². The third-order valence-corrected chi connectivity index (χ3v) is 4.66. The maximum Gasteiger partial charge on any atom is 0.263 e. The summed E-state index contributed by atoms with van der Waals surface area (Å²) in [5, 5.41) is 24.9. The van der Waals surface area contributed by atoms with Gasteiger partial charge in [-0.2, -0.15) is 15.2 Å². The number of rotatable bonds is 9. The smallest absolute Gasteiger partial charge is 0.263 e. The summed E-state index contributed by atoms with van der Waals surface area (Å²) in [7, 11) is 0. The number of hydrazone groups is 1. The average molecular weight is 416 g/mol. The molecule has 1 N–H and O–H groups in total. The van der Waals surface area contributed by atoms with E-state index in [4.69, 9.17) is 5.26 Å². The number of nitrogens with one attached hydrogen (secondary N) is 1. The van der Waals surface area contributed by atoms with E-state index in [1.807, 2.05) is 49.4 Å². The number of carbonyl (C=O) groups excluding carboxylic acids is 1. The zero-order chi connectivity index (χ0) is 22.1. The summed E-state index contributed by atoms with van der Waals surface area (Å²) in [5.41, 5.74) is 6.30. The second-order valence-electron chi connectivity index (χ2n) is 6.83. The van der Waals surface area contributed by atoms with Crippen molar-refractivity contribution in [3.8, 4) is 17.5 Å². The first kappa shape index (κ1) is 21.6. The molecule has 3 aromatic rings. The highest BCUT2D eigenvalue weighted by Gasteiger charge is 2.09. The number of tetrazole rings is 1. The summed E-state index contributed by atoms with van der Waals surface area (Å²) < 4.78 is 0. The van der Waals surface area contributed by atoms with Gasteiger partial charge in [-0.1, -0.05) is 36.4 Å². The van der Waals surface area contributed by atoms with E-state index in [-0.39, 0.29) is 12.5 Å². The fourth-order valence-corrected chi connectivity index (χ4v) is 3.01. The summed E-state index contributed by atoms with van der Waals surface area (Å²) in [4.78, 5) is 15.5. The predicted molar refractivity (Wildman–Crippen MR) is 118 cm³/mol. The van der Waals surface area contributed by atoms with Crippen molar-refractivity contribution >= 4 is 17.8 Å². The van der Waals surface area contributed by atoms with Gasteiger partial charge in [0.1, 0.15) is 6.54 Å². The van der Waals surface area contributed by atoms with E-state index in [9.17, 15) is 4.79 Å². The van der Waals surface area contributed by atoms with E-state index >= 15 is 0 Å². The van der Waals surface area contributed by atoms with Gasteiger partial charge >= 0.3 is 0 Å². The van der Waals surface area contributed by atoms with Crippen LogP contribution in [-0.2, 0) is 11.3 Å². The van der Waals surface area contributed by atoms with Crippen molar-refractivity contribution in [2.24, 2.45) is 5.10 Å². The topological polar surface area (TPSA) is 112 Å². The molecule has 0 unspecified atom stereocenters. The monoisotopic (exact) mass is 416 g/mol. The summed E-state index contributed by atoms with van der Waals surface area (Å²) in [6.07, 6.45) is 2.09. The van der Waals surface area contributed by atoms with Gasteiger partial charge in [-0.3, -0.25) is 4.79 Å². The Morgan fingerprint density at radius 2 is 2.10 bits per heavy atom. The largest absolute Gasteiger partial charge is 0.371 e. The summed E-state index contributed by atoms with van der Waals surface area (Å²) in [6, 6.07) is 17.6. The summed E-state index contributed by atoms with van der Waals surface area (Å²) >= 11 is 0. The number of hydrogen-bond acceptors (Lipinski definition) is 7. The lowest BCUT2D eigenvalue weighted by Gasteiger charge is -2.22. The molecule has 158 valence electrons. The molecule has 0 saturated heterocycles. The van der Waals surface area contributed by atoms with E-state index < -0.39 is 0 Å². The van der Waals surface area contributed by atoms with Gasteiger partial charge in [-0.25, -0.2) is 5.43 Å². The second kappa shape index (κ2) is 10.6. The van der Waals surface area contributed by atoms with Gasteiger partial charge in [-0.05, 0) is 42.3 Å². The number of aryl methyl sites for hydroxylation is 1. The Kier molecular flexibility index (Phi) is 7.43. The van der Waals surface area contributed by atoms with Gasteiger partial charge in [0.05, 0.1) is 18.7 Å². The van der Waals surface area contributed by atoms with Crippen LogP contribution in [0.5, 0.6) is 0 Å². The second-order valence-corrected chi connectivity index (χ2v) is 6.83. The highest BCUT2D eigenvalue weighted by Crippen LogP contribution is 2.18. The molecule has 0 fully saturated rings. The van der Waals surface area contributed by atoms with Gasteiger partial charge in [0, 0.05) is 24.3 Å². The highest BCUT2D eigenvalue weighted by molar-refractivity contribution is 5.84. The van der Waals surface area contributed by atoms with Gasteiger partial charge in [0.2, 0.25) is 5.82 Å². The fraction of sp³-hybridized carbons (Fsp3) is 0.273. The third-order valence-electron chi connectivity index (χ3n) is 4.66. The molecule has 2 aromatic carbocycles. The Balaban J connectivity index is 1.56. The van der Waals surface area contributed by atoms with E-state index in [2.05, 4.69) is 49.9 Å². The molecule has 3 rings (SSSR count). The lowest BCUT2D eigenvalue weighted by atomic mass is 10.1. The average Bonchev–Trinajstić information content (AvgIpc) is 3.24. The van der Waals surface area contributed by atoms with Crippen molar-refractivity contribution in [3.63, 3.8) is 0 Å². The number of carbonyl (C=O) groups is 1. The van der Waals surface area contributed by atoms with Gasteiger partial charge < -0.3 is 4.90 Å². The van der Waals surface area contributed by atoms with E-state index in [0.717, 1.165) is 28.9 Å². The van der Waals surface area contributed by atoms with Crippen LogP contribution in [0.25, 0.3) is 11.4 Å². The Hall–Kier alpha value is -4.06. The van der Waals surface area contributed by atoms with Gasteiger partial charge in [0.25, 0.3) is 5.91 Å². The molecule has 0 aliphatic heterocycles. The molecular formula is C22H24N8O. The quantitative estimate of drug-likeness (QED) is 0.424. The Labute approximate surface area is 181 Å². The minimum absolute atomic E-state index is 0.0839. The molecule has 31 heavy (non-hydrogen) atoms. The van der Waals surface area contributed by atoms with Crippen LogP contribution in [0, 0.1) is 18.3 Å². The molecule has 0 saturated carbocycles. The molecule has 9 heteroatoms. The first-order valence-corrected chi connectivity index (χ1v) is 9.98.